The van der Waals surface area contributed by atoms with Crippen molar-refractivity contribution in [2.45, 2.75) is 26.8 Å². The van der Waals surface area contributed by atoms with Gasteiger partial charge in [0, 0.05) is 30.9 Å². The number of halogens is 1. The highest BCUT2D eigenvalue weighted by Crippen LogP contribution is 2.33. The minimum Gasteiger partial charge on any atom is -0.355 e. The molecule has 0 bridgehead atoms. The lowest BCUT2D eigenvalue weighted by molar-refractivity contribution is 0.425. The normalized spacial score (nSPS) is 26.2. The summed E-state index contributed by atoms with van der Waals surface area (Å²) in [5.74, 6) is 1.84. The molecule has 1 aliphatic heterocycles. The van der Waals surface area contributed by atoms with Crippen LogP contribution in [-0.4, -0.2) is 34.0 Å². The minimum absolute atomic E-state index is 0.240. The molecular weight excluding hydrogens is 212 g/mol. The van der Waals surface area contributed by atoms with E-state index >= 15 is 0 Å². The number of anilines is 1. The molecule has 0 radical (unpaired) electrons. The Balaban J connectivity index is 2.14. The molecule has 1 aliphatic rings. The molecule has 2 heterocycles. The van der Waals surface area contributed by atoms with Crippen LogP contribution in [0.15, 0.2) is 6.20 Å². The van der Waals surface area contributed by atoms with Crippen molar-refractivity contribution in [1.82, 2.24) is 15.0 Å². The number of rotatable bonds is 3. The lowest BCUT2D eigenvalue weighted by Gasteiger charge is -2.22. The third-order valence-electron chi connectivity index (χ3n) is 3.10. The van der Waals surface area contributed by atoms with Gasteiger partial charge in [0.05, 0.1) is 6.20 Å². The lowest BCUT2D eigenvalue weighted by atomic mass is 9.93. The summed E-state index contributed by atoms with van der Waals surface area (Å²) in [5.41, 5.74) is 0.240. The zero-order chi connectivity index (χ0) is 10.9. The second kappa shape index (κ2) is 4.00. The first-order chi connectivity index (χ1) is 7.18. The van der Waals surface area contributed by atoms with Crippen LogP contribution in [0.4, 0.5) is 5.82 Å². The van der Waals surface area contributed by atoms with Gasteiger partial charge in [0.2, 0.25) is 0 Å². The third-order valence-corrected chi connectivity index (χ3v) is 3.75. The Morgan fingerprint density at radius 2 is 2.40 bits per heavy atom. The molecule has 1 unspecified atom stereocenters. The summed E-state index contributed by atoms with van der Waals surface area (Å²) in [6, 6.07) is 0. The van der Waals surface area contributed by atoms with Gasteiger partial charge in [-0.15, -0.1) is 16.7 Å². The topological polar surface area (TPSA) is 34.0 Å². The van der Waals surface area contributed by atoms with Crippen molar-refractivity contribution < 1.29 is 0 Å². The van der Waals surface area contributed by atoms with Gasteiger partial charge in [0.25, 0.3) is 0 Å². The molecule has 0 saturated carbocycles. The van der Waals surface area contributed by atoms with E-state index in [2.05, 4.69) is 29.1 Å². The molecule has 84 valence electrons. The zero-order valence-electron chi connectivity index (χ0n) is 9.28. The van der Waals surface area contributed by atoms with Gasteiger partial charge < -0.3 is 4.90 Å². The van der Waals surface area contributed by atoms with E-state index < -0.39 is 0 Å². The van der Waals surface area contributed by atoms with Crippen LogP contribution in [0.25, 0.3) is 0 Å². The van der Waals surface area contributed by atoms with Crippen molar-refractivity contribution in [3.8, 4) is 0 Å². The first-order valence-electron chi connectivity index (χ1n) is 5.38. The molecule has 0 amide bonds. The van der Waals surface area contributed by atoms with Crippen LogP contribution in [0.5, 0.6) is 0 Å². The maximum atomic E-state index is 5.98. The van der Waals surface area contributed by atoms with Crippen LogP contribution < -0.4 is 4.90 Å². The maximum Gasteiger partial charge on any atom is 0.147 e. The van der Waals surface area contributed by atoms with E-state index in [1.165, 1.54) is 0 Å². The van der Waals surface area contributed by atoms with Gasteiger partial charge in [-0.2, -0.15) is 0 Å². The fraction of sp³-hybridized carbons (Fsp3) is 0.800. The first kappa shape index (κ1) is 10.7. The molecule has 1 aromatic rings. The summed E-state index contributed by atoms with van der Waals surface area (Å²) in [7, 11) is 0. The average Bonchev–Trinajstić information content (AvgIpc) is 2.84. The van der Waals surface area contributed by atoms with Crippen molar-refractivity contribution in [2.75, 3.05) is 23.9 Å². The monoisotopic (exact) mass is 228 g/mol. The van der Waals surface area contributed by atoms with Crippen molar-refractivity contribution in [3.63, 3.8) is 0 Å². The number of nitrogens with zero attached hydrogens (tertiary/aromatic N) is 4. The first-order valence-corrected chi connectivity index (χ1v) is 5.91. The second-order valence-electron chi connectivity index (χ2n) is 4.52. The van der Waals surface area contributed by atoms with E-state index in [1.807, 2.05) is 10.9 Å². The summed E-state index contributed by atoms with van der Waals surface area (Å²) in [6.45, 7) is 7.24. The van der Waals surface area contributed by atoms with Gasteiger partial charge in [-0.3, -0.25) is 0 Å². The van der Waals surface area contributed by atoms with Crippen LogP contribution in [0, 0.1) is 5.41 Å². The van der Waals surface area contributed by atoms with E-state index in [0.717, 1.165) is 37.8 Å². The number of alkyl halides is 1. The Hall–Kier alpha value is -0.770. The van der Waals surface area contributed by atoms with E-state index in [4.69, 9.17) is 11.6 Å². The van der Waals surface area contributed by atoms with Crippen LogP contribution in [0.3, 0.4) is 0 Å². The largest absolute Gasteiger partial charge is 0.355 e. The molecule has 5 heteroatoms. The Kier molecular flexibility index (Phi) is 2.87. The summed E-state index contributed by atoms with van der Waals surface area (Å²) < 4.78 is 1.93. The van der Waals surface area contributed by atoms with Crippen molar-refractivity contribution in [1.29, 1.82) is 0 Å². The molecule has 1 atom stereocenters. The van der Waals surface area contributed by atoms with Crippen LogP contribution in [-0.2, 0) is 6.54 Å². The highest BCUT2D eigenvalue weighted by atomic mass is 35.5. The number of aromatic nitrogens is 3. The molecule has 0 spiro atoms. The number of aryl methyl sites for hydroxylation is 1. The fourth-order valence-corrected chi connectivity index (χ4v) is 2.27. The molecule has 1 saturated heterocycles. The quantitative estimate of drug-likeness (QED) is 0.740. The molecule has 4 nitrogen and oxygen atoms in total. The number of hydrogen-bond donors (Lipinski definition) is 0. The standard InChI is InChI=1S/C10H17ClN4/c1-3-15-9(6-12-13-15)14-5-4-10(2,7-11)8-14/h6H,3-5,7-8H2,1-2H3. The average molecular weight is 229 g/mol. The zero-order valence-corrected chi connectivity index (χ0v) is 10.0. The predicted octanol–water partition coefficient (Wildman–Crippen LogP) is 1.75. The van der Waals surface area contributed by atoms with Gasteiger partial charge in [-0.05, 0) is 13.3 Å². The highest BCUT2D eigenvalue weighted by molar-refractivity contribution is 6.18. The molecule has 2 rings (SSSR count). The van der Waals surface area contributed by atoms with Gasteiger partial charge in [-0.1, -0.05) is 12.1 Å². The van der Waals surface area contributed by atoms with Crippen molar-refractivity contribution in [2.24, 2.45) is 5.41 Å². The Morgan fingerprint density at radius 1 is 1.60 bits per heavy atom. The SMILES string of the molecule is CCn1nncc1N1CCC(C)(CCl)C1. The van der Waals surface area contributed by atoms with Crippen molar-refractivity contribution >= 4 is 17.4 Å². The van der Waals surface area contributed by atoms with Gasteiger partial charge in [-0.25, -0.2) is 4.68 Å². The molecule has 0 N–H and O–H groups in total. The summed E-state index contributed by atoms with van der Waals surface area (Å²) in [4.78, 5) is 2.33. The Morgan fingerprint density at radius 3 is 3.00 bits per heavy atom. The van der Waals surface area contributed by atoms with Gasteiger partial charge in [0.15, 0.2) is 0 Å². The fourth-order valence-electron chi connectivity index (χ4n) is 2.05. The Labute approximate surface area is 95.2 Å². The summed E-state index contributed by atoms with van der Waals surface area (Å²) >= 11 is 5.98. The molecule has 0 aliphatic carbocycles. The van der Waals surface area contributed by atoms with Crippen LogP contribution in [0.2, 0.25) is 0 Å². The van der Waals surface area contributed by atoms with Crippen LogP contribution in [0.1, 0.15) is 20.3 Å². The smallest absolute Gasteiger partial charge is 0.147 e. The van der Waals surface area contributed by atoms with Crippen molar-refractivity contribution in [3.05, 3.63) is 6.20 Å². The number of hydrogen-bond acceptors (Lipinski definition) is 3. The third kappa shape index (κ3) is 1.95. The maximum absolute atomic E-state index is 5.98. The lowest BCUT2D eigenvalue weighted by Crippen LogP contribution is -2.27. The predicted molar refractivity (Wildman–Crippen MR) is 61.4 cm³/mol. The highest BCUT2D eigenvalue weighted by Gasteiger charge is 2.34. The van der Waals surface area contributed by atoms with E-state index in [1.54, 1.807) is 0 Å². The van der Waals surface area contributed by atoms with Crippen LogP contribution >= 0.6 is 11.6 Å². The summed E-state index contributed by atoms with van der Waals surface area (Å²) in [5, 5.41) is 7.99. The summed E-state index contributed by atoms with van der Waals surface area (Å²) in [6.07, 6.45) is 2.98. The molecule has 1 aromatic heterocycles. The van der Waals surface area contributed by atoms with E-state index in [-0.39, 0.29) is 5.41 Å². The van der Waals surface area contributed by atoms with E-state index in [9.17, 15) is 0 Å². The van der Waals surface area contributed by atoms with Gasteiger partial charge in [0.1, 0.15) is 5.82 Å². The Bertz CT molecular complexity index is 338. The molecule has 1 fully saturated rings. The molecular formula is C10H17ClN4. The molecule has 0 aromatic carbocycles. The van der Waals surface area contributed by atoms with Gasteiger partial charge >= 0.3 is 0 Å². The minimum atomic E-state index is 0.240. The van der Waals surface area contributed by atoms with E-state index in [0.29, 0.717) is 0 Å². The second-order valence-corrected chi connectivity index (χ2v) is 4.79. The molecule has 15 heavy (non-hydrogen) atoms.